The van der Waals surface area contributed by atoms with E-state index in [0.29, 0.717) is 5.57 Å². The summed E-state index contributed by atoms with van der Waals surface area (Å²) >= 11 is 0. The molecule has 1 amide bonds. The van der Waals surface area contributed by atoms with E-state index in [2.05, 4.69) is 13.5 Å². The second-order valence-electron chi connectivity index (χ2n) is 3.57. The molecule has 0 radical (unpaired) electrons. The lowest BCUT2D eigenvalue weighted by Gasteiger charge is -2.16. The van der Waals surface area contributed by atoms with Gasteiger partial charge in [-0.2, -0.15) is 0 Å². The van der Waals surface area contributed by atoms with Crippen LogP contribution in [0, 0.1) is 0 Å². The first-order valence-electron chi connectivity index (χ1n) is 5.00. The molecular weight excluding hydrogens is 162 g/mol. The molecule has 0 saturated heterocycles. The minimum atomic E-state index is 0.0662. The van der Waals surface area contributed by atoms with Crippen LogP contribution in [0.5, 0.6) is 0 Å². The molecule has 0 N–H and O–H groups in total. The van der Waals surface area contributed by atoms with Gasteiger partial charge in [-0.05, 0) is 13.3 Å². The second kappa shape index (κ2) is 6.70. The Balaban J connectivity index is 3.56. The summed E-state index contributed by atoms with van der Waals surface area (Å²) in [5, 5.41) is 0. The molecule has 0 fully saturated rings. The van der Waals surface area contributed by atoms with Crippen LogP contribution in [0.3, 0.4) is 0 Å². The molecule has 76 valence electrons. The van der Waals surface area contributed by atoms with Gasteiger partial charge in [-0.25, -0.2) is 0 Å². The van der Waals surface area contributed by atoms with Gasteiger partial charge in [0.2, 0.25) is 5.91 Å². The number of hydrogen-bond acceptors (Lipinski definition) is 1. The van der Waals surface area contributed by atoms with E-state index in [4.69, 9.17) is 0 Å². The number of rotatable bonds is 6. The molecule has 0 aromatic rings. The largest absolute Gasteiger partial charge is 0.342 e. The zero-order valence-corrected chi connectivity index (χ0v) is 9.10. The van der Waals surface area contributed by atoms with Crippen LogP contribution in [-0.2, 0) is 4.79 Å². The molecule has 0 unspecified atom stereocenters. The Kier molecular flexibility index (Phi) is 6.29. The minimum absolute atomic E-state index is 0.0662. The van der Waals surface area contributed by atoms with Crippen molar-refractivity contribution >= 4 is 5.91 Å². The highest BCUT2D eigenvalue weighted by Crippen LogP contribution is 2.02. The molecule has 0 heterocycles. The molecule has 0 aliphatic heterocycles. The van der Waals surface area contributed by atoms with Gasteiger partial charge in [0.15, 0.2) is 0 Å². The Morgan fingerprint density at radius 3 is 2.38 bits per heavy atom. The fourth-order valence-electron chi connectivity index (χ4n) is 1.20. The van der Waals surface area contributed by atoms with Crippen LogP contribution < -0.4 is 0 Å². The molecule has 0 aromatic carbocycles. The lowest BCUT2D eigenvalue weighted by atomic mass is 10.2. The van der Waals surface area contributed by atoms with Crippen molar-refractivity contribution in [2.75, 3.05) is 13.6 Å². The van der Waals surface area contributed by atoms with Crippen LogP contribution in [-0.4, -0.2) is 24.4 Å². The van der Waals surface area contributed by atoms with Crippen molar-refractivity contribution in [2.24, 2.45) is 0 Å². The molecule has 2 heteroatoms. The number of amides is 1. The van der Waals surface area contributed by atoms with Crippen molar-refractivity contribution in [3.05, 3.63) is 12.2 Å². The molecule has 2 nitrogen and oxygen atoms in total. The Morgan fingerprint density at radius 1 is 1.31 bits per heavy atom. The van der Waals surface area contributed by atoms with E-state index in [0.717, 1.165) is 13.0 Å². The lowest BCUT2D eigenvalue weighted by molar-refractivity contribution is -0.125. The SMILES string of the molecule is C=C(C)C(=O)N(C)CCCCCC. The van der Waals surface area contributed by atoms with Crippen LogP contribution in [0.25, 0.3) is 0 Å². The van der Waals surface area contributed by atoms with E-state index in [9.17, 15) is 4.79 Å². The third-order valence-corrected chi connectivity index (χ3v) is 2.06. The molecule has 13 heavy (non-hydrogen) atoms. The van der Waals surface area contributed by atoms with Crippen LogP contribution in [0.1, 0.15) is 39.5 Å². The summed E-state index contributed by atoms with van der Waals surface area (Å²) in [6, 6.07) is 0. The van der Waals surface area contributed by atoms with E-state index < -0.39 is 0 Å². The summed E-state index contributed by atoms with van der Waals surface area (Å²) in [5.74, 6) is 0.0662. The summed E-state index contributed by atoms with van der Waals surface area (Å²) in [6.07, 6.45) is 4.81. The second-order valence-corrected chi connectivity index (χ2v) is 3.57. The quantitative estimate of drug-likeness (QED) is 0.458. The normalized spacial score (nSPS) is 9.77. The maximum atomic E-state index is 11.3. The zero-order valence-electron chi connectivity index (χ0n) is 9.10. The number of hydrogen-bond donors (Lipinski definition) is 0. The summed E-state index contributed by atoms with van der Waals surface area (Å²) in [5.41, 5.74) is 0.623. The van der Waals surface area contributed by atoms with Crippen LogP contribution in [0.15, 0.2) is 12.2 Å². The highest BCUT2D eigenvalue weighted by atomic mass is 16.2. The minimum Gasteiger partial charge on any atom is -0.342 e. The summed E-state index contributed by atoms with van der Waals surface area (Å²) < 4.78 is 0. The Labute approximate surface area is 81.6 Å². The topological polar surface area (TPSA) is 20.3 Å². The van der Waals surface area contributed by atoms with Gasteiger partial charge in [0.1, 0.15) is 0 Å². The van der Waals surface area contributed by atoms with Crippen LogP contribution in [0.2, 0.25) is 0 Å². The van der Waals surface area contributed by atoms with Gasteiger partial charge in [0, 0.05) is 19.2 Å². The number of unbranched alkanes of at least 4 members (excludes halogenated alkanes) is 3. The number of carbonyl (C=O) groups is 1. The fraction of sp³-hybridized carbons (Fsp3) is 0.727. The standard InChI is InChI=1S/C11H21NO/c1-5-6-7-8-9-12(4)11(13)10(2)3/h2,5-9H2,1,3-4H3. The average Bonchev–Trinajstić information content (AvgIpc) is 2.10. The third kappa shape index (κ3) is 5.45. The van der Waals surface area contributed by atoms with E-state index in [1.165, 1.54) is 19.3 Å². The van der Waals surface area contributed by atoms with Gasteiger partial charge < -0.3 is 4.90 Å². The fourth-order valence-corrected chi connectivity index (χ4v) is 1.20. The third-order valence-electron chi connectivity index (χ3n) is 2.06. The Hall–Kier alpha value is -0.790. The van der Waals surface area contributed by atoms with Gasteiger partial charge in [-0.15, -0.1) is 0 Å². The maximum Gasteiger partial charge on any atom is 0.248 e. The lowest BCUT2D eigenvalue weighted by Crippen LogP contribution is -2.27. The first-order valence-corrected chi connectivity index (χ1v) is 5.00. The molecule has 0 rings (SSSR count). The molecule has 0 saturated carbocycles. The molecular formula is C11H21NO. The monoisotopic (exact) mass is 183 g/mol. The van der Waals surface area contributed by atoms with Crippen molar-refractivity contribution in [1.82, 2.24) is 4.90 Å². The first kappa shape index (κ1) is 12.2. The predicted octanol–water partition coefficient (Wildman–Crippen LogP) is 2.60. The number of nitrogens with zero attached hydrogens (tertiary/aromatic N) is 1. The van der Waals surface area contributed by atoms with Crippen LogP contribution >= 0.6 is 0 Å². The highest BCUT2D eigenvalue weighted by molar-refractivity contribution is 5.91. The van der Waals surface area contributed by atoms with Gasteiger partial charge >= 0.3 is 0 Å². The maximum absolute atomic E-state index is 11.3. The number of likely N-dealkylation sites (N-methyl/N-ethyl adjacent to an activating group) is 1. The Morgan fingerprint density at radius 2 is 1.92 bits per heavy atom. The number of carbonyl (C=O) groups excluding carboxylic acids is 1. The van der Waals surface area contributed by atoms with Gasteiger partial charge in [-0.1, -0.05) is 32.8 Å². The zero-order chi connectivity index (χ0) is 10.3. The molecule has 0 aliphatic carbocycles. The van der Waals surface area contributed by atoms with E-state index in [1.54, 1.807) is 11.8 Å². The van der Waals surface area contributed by atoms with Gasteiger partial charge in [0.05, 0.1) is 0 Å². The molecule has 0 bridgehead atoms. The molecule has 0 atom stereocenters. The Bertz CT molecular complexity index is 175. The van der Waals surface area contributed by atoms with Crippen molar-refractivity contribution in [2.45, 2.75) is 39.5 Å². The smallest absolute Gasteiger partial charge is 0.248 e. The summed E-state index contributed by atoms with van der Waals surface area (Å²) in [6.45, 7) is 8.42. The van der Waals surface area contributed by atoms with E-state index >= 15 is 0 Å². The van der Waals surface area contributed by atoms with E-state index in [1.807, 2.05) is 7.05 Å². The van der Waals surface area contributed by atoms with Crippen molar-refractivity contribution in [3.63, 3.8) is 0 Å². The van der Waals surface area contributed by atoms with Gasteiger partial charge in [0.25, 0.3) is 0 Å². The van der Waals surface area contributed by atoms with Crippen molar-refractivity contribution in [3.8, 4) is 0 Å². The highest BCUT2D eigenvalue weighted by Gasteiger charge is 2.07. The van der Waals surface area contributed by atoms with Crippen molar-refractivity contribution in [1.29, 1.82) is 0 Å². The first-order chi connectivity index (χ1) is 6.09. The van der Waals surface area contributed by atoms with Crippen molar-refractivity contribution < 1.29 is 4.79 Å². The molecule has 0 spiro atoms. The predicted molar refractivity (Wildman–Crippen MR) is 56.6 cm³/mol. The van der Waals surface area contributed by atoms with Gasteiger partial charge in [-0.3, -0.25) is 4.79 Å². The summed E-state index contributed by atoms with van der Waals surface area (Å²) in [7, 11) is 1.84. The molecule has 0 aliphatic rings. The summed E-state index contributed by atoms with van der Waals surface area (Å²) in [4.78, 5) is 13.1. The van der Waals surface area contributed by atoms with Crippen LogP contribution in [0.4, 0.5) is 0 Å². The van der Waals surface area contributed by atoms with E-state index in [-0.39, 0.29) is 5.91 Å². The average molecular weight is 183 g/mol. The molecule has 0 aromatic heterocycles.